The van der Waals surface area contributed by atoms with E-state index in [4.69, 9.17) is 0 Å². The highest BCUT2D eigenvalue weighted by Gasteiger charge is 2.28. The quantitative estimate of drug-likeness (QED) is 0.779. The standard InChI is InChI=1S/C12H15N5O2S/c1-7-6-9(18)17-12(15-7)20-11(16-17)14-5-4-13-10(19)8-2-3-8/h6,8H,2-5H2,1H3,(H,13,19)(H,14,16). The monoisotopic (exact) mass is 293 g/mol. The maximum absolute atomic E-state index is 11.7. The normalized spacial score (nSPS) is 14.4. The van der Waals surface area contributed by atoms with Crippen molar-refractivity contribution in [3.05, 3.63) is 22.1 Å². The lowest BCUT2D eigenvalue weighted by Crippen LogP contribution is -2.29. The first-order valence-electron chi connectivity index (χ1n) is 6.52. The Morgan fingerprint density at radius 1 is 1.50 bits per heavy atom. The number of hydrogen-bond donors (Lipinski definition) is 2. The van der Waals surface area contributed by atoms with Crippen LogP contribution < -0.4 is 16.2 Å². The zero-order chi connectivity index (χ0) is 14.1. The maximum Gasteiger partial charge on any atom is 0.275 e. The van der Waals surface area contributed by atoms with E-state index >= 15 is 0 Å². The summed E-state index contributed by atoms with van der Waals surface area (Å²) in [4.78, 5) is 28.0. The third kappa shape index (κ3) is 2.79. The summed E-state index contributed by atoms with van der Waals surface area (Å²) in [5.41, 5.74) is 0.501. The fourth-order valence-corrected chi connectivity index (χ4v) is 2.71. The molecule has 0 saturated heterocycles. The molecule has 0 spiro atoms. The van der Waals surface area contributed by atoms with Gasteiger partial charge in [-0.3, -0.25) is 9.59 Å². The molecule has 0 aliphatic heterocycles. The zero-order valence-corrected chi connectivity index (χ0v) is 11.9. The minimum Gasteiger partial charge on any atom is -0.358 e. The first-order chi connectivity index (χ1) is 9.63. The van der Waals surface area contributed by atoms with E-state index in [9.17, 15) is 9.59 Å². The van der Waals surface area contributed by atoms with Gasteiger partial charge in [-0.15, -0.1) is 5.10 Å². The van der Waals surface area contributed by atoms with Gasteiger partial charge in [-0.2, -0.15) is 4.52 Å². The highest BCUT2D eigenvalue weighted by molar-refractivity contribution is 7.20. The lowest BCUT2D eigenvalue weighted by atomic mass is 10.4. The molecule has 2 aromatic rings. The number of nitrogens with one attached hydrogen (secondary N) is 2. The van der Waals surface area contributed by atoms with E-state index in [0.717, 1.165) is 12.8 Å². The Labute approximate surface area is 119 Å². The van der Waals surface area contributed by atoms with E-state index in [-0.39, 0.29) is 17.4 Å². The van der Waals surface area contributed by atoms with Crippen LogP contribution in [0.1, 0.15) is 18.5 Å². The molecule has 2 aromatic heterocycles. The van der Waals surface area contributed by atoms with E-state index in [1.54, 1.807) is 6.92 Å². The van der Waals surface area contributed by atoms with Crippen LogP contribution >= 0.6 is 11.3 Å². The van der Waals surface area contributed by atoms with Crippen molar-refractivity contribution < 1.29 is 4.79 Å². The molecule has 0 atom stereocenters. The van der Waals surface area contributed by atoms with Gasteiger partial charge in [0.05, 0.1) is 0 Å². The van der Waals surface area contributed by atoms with Gasteiger partial charge in [-0.05, 0) is 19.8 Å². The largest absolute Gasteiger partial charge is 0.358 e. The van der Waals surface area contributed by atoms with Gasteiger partial charge in [0, 0.05) is 30.8 Å². The molecule has 0 unspecified atom stereocenters. The van der Waals surface area contributed by atoms with Crippen molar-refractivity contribution in [3.8, 4) is 0 Å². The van der Waals surface area contributed by atoms with Crippen molar-refractivity contribution in [2.75, 3.05) is 18.4 Å². The summed E-state index contributed by atoms with van der Waals surface area (Å²) in [6.07, 6.45) is 2.01. The molecule has 20 heavy (non-hydrogen) atoms. The van der Waals surface area contributed by atoms with Crippen LogP contribution in [0.15, 0.2) is 10.9 Å². The highest BCUT2D eigenvalue weighted by atomic mass is 32.1. The molecule has 106 valence electrons. The van der Waals surface area contributed by atoms with Crippen molar-refractivity contribution in [1.29, 1.82) is 0 Å². The van der Waals surface area contributed by atoms with Crippen molar-refractivity contribution in [1.82, 2.24) is 19.9 Å². The van der Waals surface area contributed by atoms with Crippen LogP contribution in [-0.4, -0.2) is 33.6 Å². The Hall–Kier alpha value is -1.96. The SMILES string of the molecule is Cc1cc(=O)n2nc(NCCNC(=O)C3CC3)sc2n1. The molecule has 2 heterocycles. The first-order valence-corrected chi connectivity index (χ1v) is 7.34. The molecular weight excluding hydrogens is 278 g/mol. The van der Waals surface area contributed by atoms with Gasteiger partial charge in [0.25, 0.3) is 5.56 Å². The van der Waals surface area contributed by atoms with Crippen LogP contribution in [0.25, 0.3) is 4.96 Å². The molecular formula is C12H15N5O2S. The van der Waals surface area contributed by atoms with Crippen LogP contribution in [0.3, 0.4) is 0 Å². The molecule has 1 aliphatic carbocycles. The topological polar surface area (TPSA) is 88.4 Å². The number of fused-ring (bicyclic) bond motifs is 1. The van der Waals surface area contributed by atoms with E-state index in [1.807, 2.05) is 0 Å². The van der Waals surface area contributed by atoms with Gasteiger partial charge in [0.1, 0.15) is 0 Å². The van der Waals surface area contributed by atoms with Crippen molar-refractivity contribution in [3.63, 3.8) is 0 Å². The summed E-state index contributed by atoms with van der Waals surface area (Å²) in [5, 5.41) is 10.7. The van der Waals surface area contributed by atoms with Gasteiger partial charge < -0.3 is 10.6 Å². The van der Waals surface area contributed by atoms with Crippen molar-refractivity contribution in [2.45, 2.75) is 19.8 Å². The van der Waals surface area contributed by atoms with Crippen molar-refractivity contribution in [2.24, 2.45) is 5.92 Å². The van der Waals surface area contributed by atoms with E-state index in [2.05, 4.69) is 20.7 Å². The maximum atomic E-state index is 11.7. The number of aromatic nitrogens is 3. The summed E-state index contributed by atoms with van der Waals surface area (Å²) in [7, 11) is 0. The second-order valence-corrected chi connectivity index (χ2v) is 5.79. The number of amides is 1. The van der Waals surface area contributed by atoms with Crippen LogP contribution in [0, 0.1) is 12.8 Å². The van der Waals surface area contributed by atoms with Gasteiger partial charge in [0.15, 0.2) is 0 Å². The minimum atomic E-state index is -0.182. The number of nitrogens with zero attached hydrogens (tertiary/aromatic N) is 3. The Balaban J connectivity index is 1.58. The number of hydrogen-bond acceptors (Lipinski definition) is 6. The summed E-state index contributed by atoms with van der Waals surface area (Å²) in [5.74, 6) is 0.354. The zero-order valence-electron chi connectivity index (χ0n) is 11.0. The molecule has 0 aromatic carbocycles. The molecule has 2 N–H and O–H groups in total. The Morgan fingerprint density at radius 2 is 2.30 bits per heavy atom. The van der Waals surface area contributed by atoms with Crippen molar-refractivity contribution >= 4 is 27.3 Å². The Morgan fingerprint density at radius 3 is 3.05 bits per heavy atom. The summed E-state index contributed by atoms with van der Waals surface area (Å²) >= 11 is 1.32. The predicted octanol–water partition coefficient (Wildman–Crippen LogP) is 0.398. The van der Waals surface area contributed by atoms with Gasteiger partial charge in [-0.1, -0.05) is 11.3 Å². The fraction of sp³-hybridized carbons (Fsp3) is 0.500. The van der Waals surface area contributed by atoms with Crippen LogP contribution in [-0.2, 0) is 4.79 Å². The van der Waals surface area contributed by atoms with Crippen LogP contribution in [0.5, 0.6) is 0 Å². The van der Waals surface area contributed by atoms with Gasteiger partial charge in [0.2, 0.25) is 16.0 Å². The number of carbonyl (C=O) groups is 1. The van der Waals surface area contributed by atoms with Gasteiger partial charge in [-0.25, -0.2) is 4.98 Å². The second kappa shape index (κ2) is 5.20. The molecule has 0 radical (unpaired) electrons. The molecule has 7 nitrogen and oxygen atoms in total. The molecule has 0 bridgehead atoms. The predicted molar refractivity (Wildman–Crippen MR) is 76.1 cm³/mol. The third-order valence-electron chi connectivity index (χ3n) is 3.02. The molecule has 1 aliphatic rings. The number of rotatable bonds is 5. The molecule has 1 saturated carbocycles. The van der Waals surface area contributed by atoms with Crippen LogP contribution in [0.2, 0.25) is 0 Å². The summed E-state index contributed by atoms with van der Waals surface area (Å²) in [6, 6.07) is 1.45. The smallest absolute Gasteiger partial charge is 0.275 e. The summed E-state index contributed by atoms with van der Waals surface area (Å²) < 4.78 is 1.28. The summed E-state index contributed by atoms with van der Waals surface area (Å²) in [6.45, 7) is 2.90. The Kier molecular flexibility index (Phi) is 3.39. The lowest BCUT2D eigenvalue weighted by molar-refractivity contribution is -0.122. The fourth-order valence-electron chi connectivity index (χ4n) is 1.84. The lowest BCUT2D eigenvalue weighted by Gasteiger charge is -2.04. The van der Waals surface area contributed by atoms with Gasteiger partial charge >= 0.3 is 0 Å². The molecule has 8 heteroatoms. The van der Waals surface area contributed by atoms with E-state index < -0.39 is 0 Å². The van der Waals surface area contributed by atoms with Crippen LogP contribution in [0.4, 0.5) is 5.13 Å². The number of carbonyl (C=O) groups excluding carboxylic acids is 1. The average Bonchev–Trinajstić information content (AvgIpc) is 3.16. The minimum absolute atomic E-state index is 0.129. The molecule has 3 rings (SSSR count). The average molecular weight is 293 g/mol. The first kappa shape index (κ1) is 13.0. The number of aryl methyl sites for hydroxylation is 1. The van der Waals surface area contributed by atoms with E-state index in [1.165, 1.54) is 21.9 Å². The highest BCUT2D eigenvalue weighted by Crippen LogP contribution is 2.28. The molecule has 1 fully saturated rings. The van der Waals surface area contributed by atoms with E-state index in [0.29, 0.717) is 28.9 Å². The Bertz CT molecular complexity index is 703. The second-order valence-electron chi connectivity index (χ2n) is 4.83. The third-order valence-corrected chi connectivity index (χ3v) is 3.89. The molecule has 1 amide bonds. The number of anilines is 1.